The quantitative estimate of drug-likeness (QED) is 0.674. The molecule has 0 saturated carbocycles. The minimum atomic E-state index is -0.439. The predicted molar refractivity (Wildman–Crippen MR) is 123 cm³/mol. The average molecular weight is 430 g/mol. The fourth-order valence-corrected chi connectivity index (χ4v) is 4.18. The summed E-state index contributed by atoms with van der Waals surface area (Å²) in [4.78, 5) is 38.1. The van der Waals surface area contributed by atoms with Crippen molar-refractivity contribution < 1.29 is 9.59 Å². The number of anilines is 1. The normalized spacial score (nSPS) is 15.2. The topological polar surface area (TPSA) is 78.4 Å². The standard InChI is InChI=1S/C25H27N5O2/c1-18-14-19(2)16-21(15-18)28-24(31)23(20-6-4-3-5-7-20)29-10-12-30(13-11-29)25(32)22-17-26-8-9-27-22/h3-9,14-17,23H,10-13H2,1-2H3,(H,28,31). The van der Waals surface area contributed by atoms with Gasteiger partial charge in [0.2, 0.25) is 5.91 Å². The maximum Gasteiger partial charge on any atom is 0.274 e. The van der Waals surface area contributed by atoms with Crippen molar-refractivity contribution >= 4 is 17.5 Å². The van der Waals surface area contributed by atoms with Crippen molar-refractivity contribution in [3.63, 3.8) is 0 Å². The van der Waals surface area contributed by atoms with E-state index in [4.69, 9.17) is 0 Å². The van der Waals surface area contributed by atoms with Gasteiger partial charge in [-0.05, 0) is 42.7 Å². The van der Waals surface area contributed by atoms with Crippen LogP contribution < -0.4 is 5.32 Å². The van der Waals surface area contributed by atoms with Crippen LogP contribution in [0.4, 0.5) is 5.69 Å². The highest BCUT2D eigenvalue weighted by atomic mass is 16.2. The monoisotopic (exact) mass is 429 g/mol. The zero-order chi connectivity index (χ0) is 22.5. The first-order valence-corrected chi connectivity index (χ1v) is 10.7. The van der Waals surface area contributed by atoms with E-state index in [0.717, 1.165) is 22.4 Å². The molecule has 4 rings (SSSR count). The Morgan fingerprint density at radius 1 is 0.938 bits per heavy atom. The Kier molecular flexibility index (Phi) is 6.56. The molecule has 2 aromatic carbocycles. The van der Waals surface area contributed by atoms with Gasteiger partial charge < -0.3 is 10.2 Å². The number of hydrogen-bond acceptors (Lipinski definition) is 5. The van der Waals surface area contributed by atoms with Crippen LogP contribution in [-0.2, 0) is 4.79 Å². The van der Waals surface area contributed by atoms with E-state index in [2.05, 4.69) is 26.3 Å². The molecule has 1 aliphatic heterocycles. The van der Waals surface area contributed by atoms with Crippen LogP contribution in [-0.4, -0.2) is 57.8 Å². The summed E-state index contributed by atoms with van der Waals surface area (Å²) in [5.41, 5.74) is 4.28. The molecule has 2 heterocycles. The Hall–Kier alpha value is -3.58. The molecule has 0 aliphatic carbocycles. The van der Waals surface area contributed by atoms with Gasteiger partial charge in [-0.3, -0.25) is 19.5 Å². The van der Waals surface area contributed by atoms with Gasteiger partial charge in [0.1, 0.15) is 11.7 Å². The summed E-state index contributed by atoms with van der Waals surface area (Å²) in [5, 5.41) is 3.10. The molecule has 32 heavy (non-hydrogen) atoms. The molecule has 0 radical (unpaired) electrons. The zero-order valence-electron chi connectivity index (χ0n) is 18.4. The van der Waals surface area contributed by atoms with Crippen molar-refractivity contribution in [3.05, 3.63) is 89.5 Å². The summed E-state index contributed by atoms with van der Waals surface area (Å²) < 4.78 is 0. The zero-order valence-corrected chi connectivity index (χ0v) is 18.4. The van der Waals surface area contributed by atoms with Crippen molar-refractivity contribution in [2.45, 2.75) is 19.9 Å². The smallest absolute Gasteiger partial charge is 0.274 e. The first kappa shape index (κ1) is 21.6. The van der Waals surface area contributed by atoms with Crippen LogP contribution in [0.2, 0.25) is 0 Å². The van der Waals surface area contributed by atoms with Crippen LogP contribution in [0.5, 0.6) is 0 Å². The van der Waals surface area contributed by atoms with Crippen molar-refractivity contribution in [1.29, 1.82) is 0 Å². The molecule has 1 N–H and O–H groups in total. The molecule has 1 saturated heterocycles. The van der Waals surface area contributed by atoms with E-state index in [1.807, 2.05) is 56.3 Å². The van der Waals surface area contributed by atoms with Crippen LogP contribution in [0.1, 0.15) is 33.2 Å². The number of carbonyl (C=O) groups is 2. The van der Waals surface area contributed by atoms with Gasteiger partial charge in [0.05, 0.1) is 6.20 Å². The first-order chi connectivity index (χ1) is 15.5. The fourth-order valence-electron chi connectivity index (χ4n) is 4.18. The van der Waals surface area contributed by atoms with Crippen molar-refractivity contribution in [2.24, 2.45) is 0 Å². The van der Waals surface area contributed by atoms with E-state index in [9.17, 15) is 9.59 Å². The Balaban J connectivity index is 1.50. The molecule has 164 valence electrons. The molecular formula is C25H27N5O2. The number of benzene rings is 2. The third-order valence-electron chi connectivity index (χ3n) is 5.60. The summed E-state index contributed by atoms with van der Waals surface area (Å²) in [7, 11) is 0. The van der Waals surface area contributed by atoms with Crippen LogP contribution in [0.15, 0.2) is 67.1 Å². The van der Waals surface area contributed by atoms with Crippen LogP contribution in [0.3, 0.4) is 0 Å². The Labute approximate surface area is 188 Å². The first-order valence-electron chi connectivity index (χ1n) is 10.7. The van der Waals surface area contributed by atoms with Gasteiger partial charge in [-0.25, -0.2) is 4.98 Å². The second-order valence-corrected chi connectivity index (χ2v) is 8.10. The van der Waals surface area contributed by atoms with Gasteiger partial charge in [-0.15, -0.1) is 0 Å². The van der Waals surface area contributed by atoms with Gasteiger partial charge in [0, 0.05) is 44.3 Å². The molecule has 3 aromatic rings. The average Bonchev–Trinajstić information content (AvgIpc) is 2.80. The van der Waals surface area contributed by atoms with E-state index >= 15 is 0 Å². The summed E-state index contributed by atoms with van der Waals surface area (Å²) in [5.74, 6) is -0.205. The summed E-state index contributed by atoms with van der Waals surface area (Å²) >= 11 is 0. The molecule has 1 unspecified atom stereocenters. The second-order valence-electron chi connectivity index (χ2n) is 8.10. The summed E-state index contributed by atoms with van der Waals surface area (Å²) in [6, 6.07) is 15.4. The lowest BCUT2D eigenvalue weighted by Crippen LogP contribution is -2.51. The molecular weight excluding hydrogens is 402 g/mol. The third kappa shape index (κ3) is 5.00. The van der Waals surface area contributed by atoms with Gasteiger partial charge in [-0.2, -0.15) is 0 Å². The maximum atomic E-state index is 13.4. The highest BCUT2D eigenvalue weighted by Gasteiger charge is 2.32. The van der Waals surface area contributed by atoms with Crippen molar-refractivity contribution in [1.82, 2.24) is 19.8 Å². The minimum Gasteiger partial charge on any atom is -0.335 e. The molecule has 1 aliphatic rings. The van der Waals surface area contributed by atoms with Crippen LogP contribution in [0, 0.1) is 13.8 Å². The predicted octanol–water partition coefficient (Wildman–Crippen LogP) is 3.23. The number of nitrogens with one attached hydrogen (secondary N) is 1. The molecule has 1 aromatic heterocycles. The van der Waals surface area contributed by atoms with Gasteiger partial charge in [-0.1, -0.05) is 36.4 Å². The molecule has 7 nitrogen and oxygen atoms in total. The van der Waals surface area contributed by atoms with E-state index in [-0.39, 0.29) is 11.8 Å². The fraction of sp³-hybridized carbons (Fsp3) is 0.280. The molecule has 7 heteroatoms. The van der Waals surface area contributed by atoms with Crippen LogP contribution >= 0.6 is 0 Å². The molecule has 0 spiro atoms. The number of aromatic nitrogens is 2. The maximum absolute atomic E-state index is 13.4. The number of amides is 2. The number of aryl methyl sites for hydroxylation is 2. The van der Waals surface area contributed by atoms with Gasteiger partial charge >= 0.3 is 0 Å². The summed E-state index contributed by atoms with van der Waals surface area (Å²) in [6.45, 7) is 6.26. The highest BCUT2D eigenvalue weighted by molar-refractivity contribution is 5.96. The lowest BCUT2D eigenvalue weighted by Gasteiger charge is -2.38. The number of rotatable bonds is 5. The lowest BCUT2D eigenvalue weighted by molar-refractivity contribution is -0.122. The minimum absolute atomic E-state index is 0.0742. The largest absolute Gasteiger partial charge is 0.335 e. The van der Waals surface area contributed by atoms with Crippen LogP contribution in [0.25, 0.3) is 0 Å². The Bertz CT molecular complexity index is 1060. The lowest BCUT2D eigenvalue weighted by atomic mass is 10.0. The molecule has 2 amide bonds. The Morgan fingerprint density at radius 3 is 2.25 bits per heavy atom. The third-order valence-corrected chi connectivity index (χ3v) is 5.60. The number of carbonyl (C=O) groups excluding carboxylic acids is 2. The number of hydrogen-bond donors (Lipinski definition) is 1. The second kappa shape index (κ2) is 9.70. The van der Waals surface area contributed by atoms with Gasteiger partial charge in [0.25, 0.3) is 5.91 Å². The Morgan fingerprint density at radius 2 is 1.62 bits per heavy atom. The van der Waals surface area contributed by atoms with E-state index in [1.54, 1.807) is 11.1 Å². The summed E-state index contributed by atoms with van der Waals surface area (Å²) in [6.07, 6.45) is 4.55. The van der Waals surface area contributed by atoms with E-state index < -0.39 is 6.04 Å². The van der Waals surface area contributed by atoms with E-state index in [1.165, 1.54) is 12.4 Å². The SMILES string of the molecule is Cc1cc(C)cc(NC(=O)C(c2ccccc2)N2CCN(C(=O)c3cnccn3)CC2)c1. The van der Waals surface area contributed by atoms with Gasteiger partial charge in [0.15, 0.2) is 0 Å². The number of piperazine rings is 1. The van der Waals surface area contributed by atoms with Crippen molar-refractivity contribution in [3.8, 4) is 0 Å². The molecule has 1 fully saturated rings. The van der Waals surface area contributed by atoms with E-state index in [0.29, 0.717) is 31.9 Å². The molecule has 0 bridgehead atoms. The highest BCUT2D eigenvalue weighted by Crippen LogP contribution is 2.25. The van der Waals surface area contributed by atoms with Crippen molar-refractivity contribution in [2.75, 3.05) is 31.5 Å². The number of nitrogens with zero attached hydrogens (tertiary/aromatic N) is 4. The molecule has 1 atom stereocenters.